The molecule has 2 aromatic carbocycles. The molecule has 0 unspecified atom stereocenters. The molecule has 0 spiro atoms. The second kappa shape index (κ2) is 8.02. The summed E-state index contributed by atoms with van der Waals surface area (Å²) in [6, 6.07) is 16.2. The van der Waals surface area contributed by atoms with Crippen LogP contribution in [0.3, 0.4) is 0 Å². The third-order valence-corrected chi connectivity index (χ3v) is 5.51. The summed E-state index contributed by atoms with van der Waals surface area (Å²) in [4.78, 5) is 16.3. The topological polar surface area (TPSA) is 36.8 Å². The first-order valence-corrected chi connectivity index (χ1v) is 9.55. The van der Waals surface area contributed by atoms with Gasteiger partial charge >= 0.3 is 0 Å². The van der Waals surface area contributed by atoms with Crippen LogP contribution in [0.5, 0.6) is 0 Å². The van der Waals surface area contributed by atoms with Crippen LogP contribution in [0.15, 0.2) is 53.0 Å². The number of benzene rings is 2. The van der Waals surface area contributed by atoms with Crippen LogP contribution in [0.1, 0.15) is 12.5 Å². The Hall–Kier alpha value is -1.85. The first kappa shape index (κ1) is 18.0. The Morgan fingerprint density at radius 3 is 2.40 bits per heavy atom. The van der Waals surface area contributed by atoms with Gasteiger partial charge in [-0.3, -0.25) is 4.79 Å². The normalized spacial score (nSPS) is 16.5. The molecule has 4 nitrogen and oxygen atoms in total. The zero-order chi connectivity index (χ0) is 17.8. The van der Waals surface area contributed by atoms with Crippen LogP contribution in [0, 0.1) is 6.92 Å². The van der Waals surface area contributed by atoms with E-state index in [-0.39, 0.29) is 11.9 Å². The Morgan fingerprint density at radius 2 is 1.76 bits per heavy atom. The SMILES string of the molecule is Cc1ccccc1N1CC[NH+]([C@@H](C)C(=O)Nc2ccc(Br)cc2)CC1. The van der Waals surface area contributed by atoms with Crippen molar-refractivity contribution in [3.05, 3.63) is 58.6 Å². The predicted molar refractivity (Wildman–Crippen MR) is 106 cm³/mol. The number of anilines is 2. The first-order chi connectivity index (χ1) is 12.0. The number of rotatable bonds is 4. The van der Waals surface area contributed by atoms with Crippen molar-refractivity contribution in [1.82, 2.24) is 0 Å². The predicted octanol–water partition coefficient (Wildman–Crippen LogP) is 2.49. The second-order valence-electron chi connectivity index (χ2n) is 6.65. The summed E-state index contributed by atoms with van der Waals surface area (Å²) in [7, 11) is 0. The molecular weight excluding hydrogens is 378 g/mol. The minimum atomic E-state index is -0.0531. The molecule has 25 heavy (non-hydrogen) atoms. The van der Waals surface area contributed by atoms with Crippen molar-refractivity contribution in [3.63, 3.8) is 0 Å². The lowest BCUT2D eigenvalue weighted by atomic mass is 10.1. The largest absolute Gasteiger partial charge is 0.360 e. The number of amides is 1. The fourth-order valence-corrected chi connectivity index (χ4v) is 3.62. The molecule has 1 heterocycles. The summed E-state index contributed by atoms with van der Waals surface area (Å²) in [5, 5.41) is 3.02. The van der Waals surface area contributed by atoms with Gasteiger partial charge in [0.05, 0.1) is 26.2 Å². The molecular formula is C20H25BrN3O+. The van der Waals surface area contributed by atoms with Crippen molar-refractivity contribution < 1.29 is 9.69 Å². The van der Waals surface area contributed by atoms with E-state index in [4.69, 9.17) is 0 Å². The number of hydrogen-bond acceptors (Lipinski definition) is 2. The van der Waals surface area contributed by atoms with Gasteiger partial charge in [-0.1, -0.05) is 34.1 Å². The van der Waals surface area contributed by atoms with Crippen molar-refractivity contribution in [2.75, 3.05) is 36.4 Å². The zero-order valence-corrected chi connectivity index (χ0v) is 16.3. The van der Waals surface area contributed by atoms with Gasteiger partial charge in [-0.15, -0.1) is 0 Å². The van der Waals surface area contributed by atoms with E-state index in [1.807, 2.05) is 31.2 Å². The van der Waals surface area contributed by atoms with E-state index in [0.29, 0.717) is 0 Å². The van der Waals surface area contributed by atoms with Crippen LogP contribution >= 0.6 is 15.9 Å². The van der Waals surface area contributed by atoms with Gasteiger partial charge in [-0.25, -0.2) is 0 Å². The molecule has 0 radical (unpaired) electrons. The van der Waals surface area contributed by atoms with Gasteiger partial charge < -0.3 is 15.1 Å². The molecule has 0 saturated carbocycles. The average molecular weight is 403 g/mol. The Bertz CT molecular complexity index is 724. The number of nitrogens with zero attached hydrogens (tertiary/aromatic N) is 1. The van der Waals surface area contributed by atoms with E-state index in [1.54, 1.807) is 0 Å². The third kappa shape index (κ3) is 4.41. The number of carbonyl (C=O) groups is 1. The lowest BCUT2D eigenvalue weighted by molar-refractivity contribution is -0.914. The smallest absolute Gasteiger partial charge is 0.282 e. The number of carbonyl (C=O) groups excluding carboxylic acids is 1. The van der Waals surface area contributed by atoms with Crippen LogP contribution < -0.4 is 15.1 Å². The molecule has 132 valence electrons. The standard InChI is InChI=1S/C20H24BrN3O/c1-15-5-3-4-6-19(15)24-13-11-23(12-14-24)16(2)20(25)22-18-9-7-17(21)8-10-18/h3-10,16H,11-14H2,1-2H3,(H,22,25)/p+1/t16-/m0/s1. The van der Waals surface area contributed by atoms with E-state index >= 15 is 0 Å². The molecule has 2 aromatic rings. The van der Waals surface area contributed by atoms with E-state index < -0.39 is 0 Å². The molecule has 3 rings (SSSR count). The first-order valence-electron chi connectivity index (χ1n) is 8.76. The van der Waals surface area contributed by atoms with Crippen LogP contribution in [0.4, 0.5) is 11.4 Å². The number of nitrogens with one attached hydrogen (secondary N) is 2. The molecule has 0 aromatic heterocycles. The fourth-order valence-electron chi connectivity index (χ4n) is 3.36. The number of aryl methyl sites for hydroxylation is 1. The minimum absolute atomic E-state index is 0.0531. The van der Waals surface area contributed by atoms with E-state index in [0.717, 1.165) is 36.3 Å². The molecule has 1 amide bonds. The summed E-state index contributed by atoms with van der Waals surface area (Å²) >= 11 is 3.41. The monoisotopic (exact) mass is 402 g/mol. The maximum atomic E-state index is 12.5. The summed E-state index contributed by atoms with van der Waals surface area (Å²) in [5.41, 5.74) is 3.47. The van der Waals surface area contributed by atoms with E-state index in [2.05, 4.69) is 57.3 Å². The maximum Gasteiger partial charge on any atom is 0.282 e. The highest BCUT2D eigenvalue weighted by molar-refractivity contribution is 9.10. The average Bonchev–Trinajstić information content (AvgIpc) is 2.63. The molecule has 2 N–H and O–H groups in total. The van der Waals surface area contributed by atoms with E-state index in [9.17, 15) is 4.79 Å². The molecule has 1 fully saturated rings. The second-order valence-corrected chi connectivity index (χ2v) is 7.57. The van der Waals surface area contributed by atoms with Crippen molar-refractivity contribution in [3.8, 4) is 0 Å². The maximum absolute atomic E-state index is 12.5. The fraction of sp³-hybridized carbons (Fsp3) is 0.350. The Labute approximate surface area is 158 Å². The Kier molecular flexibility index (Phi) is 5.76. The summed E-state index contributed by atoms with van der Waals surface area (Å²) in [6.07, 6.45) is 0. The molecule has 1 aliphatic rings. The summed E-state index contributed by atoms with van der Waals surface area (Å²) in [6.45, 7) is 8.09. The van der Waals surface area contributed by atoms with Gasteiger partial charge in [0.1, 0.15) is 0 Å². The van der Waals surface area contributed by atoms with Crippen molar-refractivity contribution in [2.45, 2.75) is 19.9 Å². The van der Waals surface area contributed by atoms with Gasteiger partial charge in [-0.05, 0) is 49.7 Å². The minimum Gasteiger partial charge on any atom is -0.360 e. The van der Waals surface area contributed by atoms with Gasteiger partial charge in [0.2, 0.25) is 0 Å². The molecule has 0 bridgehead atoms. The summed E-state index contributed by atoms with van der Waals surface area (Å²) < 4.78 is 1.01. The quantitative estimate of drug-likeness (QED) is 0.823. The molecule has 1 aliphatic heterocycles. The number of hydrogen-bond donors (Lipinski definition) is 2. The Morgan fingerprint density at radius 1 is 1.12 bits per heavy atom. The number of para-hydroxylation sites is 1. The zero-order valence-electron chi connectivity index (χ0n) is 14.8. The highest BCUT2D eigenvalue weighted by Crippen LogP contribution is 2.19. The molecule has 1 atom stereocenters. The molecule has 5 heteroatoms. The van der Waals surface area contributed by atoms with Crippen molar-refractivity contribution in [1.29, 1.82) is 0 Å². The number of halogens is 1. The number of quaternary nitrogens is 1. The van der Waals surface area contributed by atoms with Gasteiger partial charge in [0.25, 0.3) is 5.91 Å². The van der Waals surface area contributed by atoms with E-state index in [1.165, 1.54) is 16.2 Å². The summed E-state index contributed by atoms with van der Waals surface area (Å²) in [5.74, 6) is 0.0849. The van der Waals surface area contributed by atoms with Gasteiger partial charge in [-0.2, -0.15) is 0 Å². The molecule has 1 saturated heterocycles. The van der Waals surface area contributed by atoms with Crippen molar-refractivity contribution >= 4 is 33.2 Å². The van der Waals surface area contributed by atoms with Crippen molar-refractivity contribution in [2.24, 2.45) is 0 Å². The lowest BCUT2D eigenvalue weighted by Gasteiger charge is -2.36. The highest BCUT2D eigenvalue weighted by Gasteiger charge is 2.29. The third-order valence-electron chi connectivity index (χ3n) is 4.98. The molecule has 0 aliphatic carbocycles. The Balaban J connectivity index is 1.56. The number of piperazine rings is 1. The highest BCUT2D eigenvalue weighted by atomic mass is 79.9. The van der Waals surface area contributed by atoms with Gasteiger partial charge in [0.15, 0.2) is 6.04 Å². The van der Waals surface area contributed by atoms with Gasteiger partial charge in [0, 0.05) is 15.8 Å². The lowest BCUT2D eigenvalue weighted by Crippen LogP contribution is -3.19. The van der Waals surface area contributed by atoms with Crippen LogP contribution in [-0.4, -0.2) is 38.1 Å². The van der Waals surface area contributed by atoms with Crippen LogP contribution in [-0.2, 0) is 4.79 Å². The van der Waals surface area contributed by atoms with Crippen LogP contribution in [0.2, 0.25) is 0 Å². The van der Waals surface area contributed by atoms with Crippen LogP contribution in [0.25, 0.3) is 0 Å².